The molecular formula is C12H15Br3OS. The van der Waals surface area contributed by atoms with Crippen molar-refractivity contribution < 1.29 is 4.74 Å². The highest BCUT2D eigenvalue weighted by Crippen LogP contribution is 2.36. The molecule has 0 bridgehead atoms. The quantitative estimate of drug-likeness (QED) is 0.408. The van der Waals surface area contributed by atoms with Crippen molar-refractivity contribution in [3.63, 3.8) is 0 Å². The fraction of sp³-hybridized carbons (Fsp3) is 0.500. The van der Waals surface area contributed by atoms with Crippen LogP contribution in [-0.2, 0) is 0 Å². The Morgan fingerprint density at radius 3 is 2.12 bits per heavy atom. The second-order valence-corrected chi connectivity index (χ2v) is 6.76. The maximum absolute atomic E-state index is 5.77. The van der Waals surface area contributed by atoms with E-state index in [0.29, 0.717) is 0 Å². The van der Waals surface area contributed by atoms with Crippen LogP contribution in [0.15, 0.2) is 25.6 Å². The molecule has 0 amide bonds. The lowest BCUT2D eigenvalue weighted by Gasteiger charge is -2.10. The number of unbranched alkanes of at least 4 members (excludes halogenated alkanes) is 3. The first-order valence-corrected chi connectivity index (χ1v) is 8.54. The number of hydrogen-bond acceptors (Lipinski definition) is 2. The molecule has 0 radical (unpaired) electrons. The minimum Gasteiger partial charge on any atom is -0.491 e. The fourth-order valence-electron chi connectivity index (χ4n) is 1.41. The predicted octanol–water partition coefficient (Wildman–Crippen LogP) is 5.84. The Morgan fingerprint density at radius 1 is 0.941 bits per heavy atom. The Morgan fingerprint density at radius 2 is 1.53 bits per heavy atom. The highest BCUT2D eigenvalue weighted by atomic mass is 79.9. The van der Waals surface area contributed by atoms with E-state index in [1.165, 1.54) is 19.3 Å². The van der Waals surface area contributed by atoms with Gasteiger partial charge in [-0.2, -0.15) is 12.6 Å². The first-order chi connectivity index (χ1) is 8.15. The Labute approximate surface area is 133 Å². The van der Waals surface area contributed by atoms with Crippen LogP contribution in [-0.4, -0.2) is 12.4 Å². The largest absolute Gasteiger partial charge is 0.491 e. The summed E-state index contributed by atoms with van der Waals surface area (Å²) < 4.78 is 8.73. The Hall–Kier alpha value is 0.810. The van der Waals surface area contributed by atoms with E-state index in [-0.39, 0.29) is 0 Å². The molecule has 0 spiro atoms. The first-order valence-electron chi connectivity index (χ1n) is 5.53. The van der Waals surface area contributed by atoms with Gasteiger partial charge in [0.15, 0.2) is 0 Å². The van der Waals surface area contributed by atoms with E-state index < -0.39 is 0 Å². The van der Waals surface area contributed by atoms with E-state index in [2.05, 4.69) is 60.4 Å². The summed E-state index contributed by atoms with van der Waals surface area (Å²) in [5, 5.41) is 0. The van der Waals surface area contributed by atoms with Crippen LogP contribution in [0.2, 0.25) is 0 Å². The third kappa shape index (κ3) is 5.99. The molecule has 1 nitrogen and oxygen atoms in total. The third-order valence-corrected chi connectivity index (χ3v) is 4.21. The minimum absolute atomic E-state index is 0.755. The number of thiol groups is 1. The van der Waals surface area contributed by atoms with Gasteiger partial charge in [-0.25, -0.2) is 0 Å². The molecule has 0 aliphatic carbocycles. The highest BCUT2D eigenvalue weighted by Gasteiger charge is 2.07. The maximum atomic E-state index is 5.77. The molecule has 0 aliphatic rings. The number of benzene rings is 1. The molecule has 5 heteroatoms. The lowest BCUT2D eigenvalue weighted by atomic mass is 10.2. The van der Waals surface area contributed by atoms with Crippen LogP contribution in [0.1, 0.15) is 25.7 Å². The molecule has 0 fully saturated rings. The fourth-order valence-corrected chi connectivity index (χ4v) is 4.12. The van der Waals surface area contributed by atoms with Gasteiger partial charge in [0.1, 0.15) is 5.75 Å². The second-order valence-electron chi connectivity index (χ2n) is 3.68. The SMILES string of the molecule is SCCCCCCOc1c(Br)cc(Br)cc1Br. The Kier molecular flexibility index (Phi) is 8.24. The van der Waals surface area contributed by atoms with E-state index in [1.54, 1.807) is 0 Å². The zero-order valence-electron chi connectivity index (χ0n) is 9.39. The molecule has 96 valence electrons. The molecule has 1 rings (SSSR count). The number of rotatable bonds is 7. The zero-order valence-corrected chi connectivity index (χ0v) is 15.0. The normalized spacial score (nSPS) is 10.6. The summed E-state index contributed by atoms with van der Waals surface area (Å²) in [4.78, 5) is 0. The first kappa shape index (κ1) is 15.9. The van der Waals surface area contributed by atoms with Crippen molar-refractivity contribution >= 4 is 60.4 Å². The Balaban J connectivity index is 2.36. The molecule has 0 heterocycles. The maximum Gasteiger partial charge on any atom is 0.147 e. The standard InChI is InChI=1S/C12H15Br3OS/c13-9-7-10(14)12(11(15)8-9)16-5-3-1-2-4-6-17/h7-8,17H,1-6H2. The van der Waals surface area contributed by atoms with Crippen molar-refractivity contribution in [2.45, 2.75) is 25.7 Å². The van der Waals surface area contributed by atoms with Crippen LogP contribution in [0, 0.1) is 0 Å². The van der Waals surface area contributed by atoms with Gasteiger partial charge in [0, 0.05) is 4.47 Å². The molecule has 0 saturated heterocycles. The van der Waals surface area contributed by atoms with E-state index >= 15 is 0 Å². The third-order valence-electron chi connectivity index (χ3n) is 2.26. The van der Waals surface area contributed by atoms with Crippen molar-refractivity contribution in [3.05, 3.63) is 25.6 Å². The van der Waals surface area contributed by atoms with Gasteiger partial charge in [-0.15, -0.1) is 0 Å². The summed E-state index contributed by atoms with van der Waals surface area (Å²) in [5.41, 5.74) is 0. The van der Waals surface area contributed by atoms with Crippen LogP contribution in [0.25, 0.3) is 0 Å². The minimum atomic E-state index is 0.755. The van der Waals surface area contributed by atoms with Crippen molar-refractivity contribution in [1.29, 1.82) is 0 Å². The Bertz CT molecular complexity index is 335. The van der Waals surface area contributed by atoms with Crippen LogP contribution in [0.5, 0.6) is 5.75 Å². The van der Waals surface area contributed by atoms with Crippen LogP contribution in [0.3, 0.4) is 0 Å². The highest BCUT2D eigenvalue weighted by molar-refractivity contribution is 9.11. The monoisotopic (exact) mass is 444 g/mol. The summed E-state index contributed by atoms with van der Waals surface area (Å²) >= 11 is 14.6. The van der Waals surface area contributed by atoms with E-state index in [0.717, 1.165) is 37.9 Å². The molecular weight excluding hydrogens is 432 g/mol. The summed E-state index contributed by atoms with van der Waals surface area (Å²) in [6, 6.07) is 3.97. The molecule has 0 aliphatic heterocycles. The van der Waals surface area contributed by atoms with Crippen molar-refractivity contribution in [1.82, 2.24) is 0 Å². The zero-order chi connectivity index (χ0) is 12.7. The predicted molar refractivity (Wildman–Crippen MR) is 87.4 cm³/mol. The van der Waals surface area contributed by atoms with Crippen LogP contribution >= 0.6 is 60.4 Å². The molecule has 17 heavy (non-hydrogen) atoms. The number of hydrogen-bond donors (Lipinski definition) is 1. The van der Waals surface area contributed by atoms with Gasteiger partial charge in [0.05, 0.1) is 15.6 Å². The average molecular weight is 447 g/mol. The average Bonchev–Trinajstić information content (AvgIpc) is 2.26. The van der Waals surface area contributed by atoms with Gasteiger partial charge in [-0.05, 0) is 62.6 Å². The molecule has 0 saturated carbocycles. The lowest BCUT2D eigenvalue weighted by Crippen LogP contribution is -1.99. The van der Waals surface area contributed by atoms with Gasteiger partial charge >= 0.3 is 0 Å². The number of ether oxygens (including phenoxy) is 1. The van der Waals surface area contributed by atoms with E-state index in [9.17, 15) is 0 Å². The van der Waals surface area contributed by atoms with Crippen molar-refractivity contribution in [2.24, 2.45) is 0 Å². The molecule has 0 aromatic heterocycles. The van der Waals surface area contributed by atoms with E-state index in [1.807, 2.05) is 12.1 Å². The second kappa shape index (κ2) is 8.83. The topological polar surface area (TPSA) is 9.23 Å². The lowest BCUT2D eigenvalue weighted by molar-refractivity contribution is 0.301. The molecule has 1 aromatic carbocycles. The van der Waals surface area contributed by atoms with Crippen molar-refractivity contribution in [2.75, 3.05) is 12.4 Å². The van der Waals surface area contributed by atoms with Gasteiger partial charge in [0.2, 0.25) is 0 Å². The summed E-state index contributed by atoms with van der Waals surface area (Å²) in [6.07, 6.45) is 4.71. The van der Waals surface area contributed by atoms with Crippen molar-refractivity contribution in [3.8, 4) is 5.75 Å². The smallest absolute Gasteiger partial charge is 0.147 e. The number of halogens is 3. The van der Waals surface area contributed by atoms with E-state index in [4.69, 9.17) is 4.74 Å². The summed E-state index contributed by atoms with van der Waals surface area (Å²) in [7, 11) is 0. The van der Waals surface area contributed by atoms with Gasteiger partial charge < -0.3 is 4.74 Å². The van der Waals surface area contributed by atoms with Gasteiger partial charge in [0.25, 0.3) is 0 Å². The molecule has 1 aromatic rings. The van der Waals surface area contributed by atoms with Gasteiger partial charge in [-0.3, -0.25) is 0 Å². The molecule has 0 N–H and O–H groups in total. The summed E-state index contributed by atoms with van der Waals surface area (Å²) in [5.74, 6) is 1.85. The molecule has 0 atom stereocenters. The molecule has 0 unspecified atom stereocenters. The van der Waals surface area contributed by atoms with Gasteiger partial charge in [-0.1, -0.05) is 28.8 Å². The van der Waals surface area contributed by atoms with Crippen LogP contribution < -0.4 is 4.74 Å². The van der Waals surface area contributed by atoms with Crippen LogP contribution in [0.4, 0.5) is 0 Å². The summed E-state index contributed by atoms with van der Waals surface area (Å²) in [6.45, 7) is 0.755.